The summed E-state index contributed by atoms with van der Waals surface area (Å²) >= 11 is 0. The second-order valence-electron chi connectivity index (χ2n) is 5.72. The maximum absolute atomic E-state index is 12.4. The molecule has 0 heterocycles. The van der Waals surface area contributed by atoms with Gasteiger partial charge in [0.1, 0.15) is 0 Å². The van der Waals surface area contributed by atoms with Crippen LogP contribution in [0, 0.1) is 5.92 Å². The topological polar surface area (TPSA) is 32.3 Å². The van der Waals surface area contributed by atoms with Crippen molar-refractivity contribution in [2.75, 3.05) is 18.4 Å². The van der Waals surface area contributed by atoms with Crippen molar-refractivity contribution < 1.29 is 4.79 Å². The van der Waals surface area contributed by atoms with Crippen LogP contribution < -0.4 is 5.32 Å². The first-order chi connectivity index (χ1) is 9.65. The molecule has 20 heavy (non-hydrogen) atoms. The molecule has 1 fully saturated rings. The van der Waals surface area contributed by atoms with E-state index in [2.05, 4.69) is 18.3 Å². The Bertz CT molecular complexity index is 454. The van der Waals surface area contributed by atoms with E-state index >= 15 is 0 Å². The molecule has 0 saturated heterocycles. The lowest BCUT2D eigenvalue weighted by atomic mass is 10.1. The van der Waals surface area contributed by atoms with Crippen LogP contribution in [-0.4, -0.2) is 29.9 Å². The van der Waals surface area contributed by atoms with Gasteiger partial charge in [-0.25, -0.2) is 0 Å². The first kappa shape index (κ1) is 14.9. The van der Waals surface area contributed by atoms with E-state index in [4.69, 9.17) is 0 Å². The molecule has 1 aromatic carbocycles. The Morgan fingerprint density at radius 2 is 2.05 bits per heavy atom. The van der Waals surface area contributed by atoms with Crippen molar-refractivity contribution in [1.82, 2.24) is 4.90 Å². The van der Waals surface area contributed by atoms with Gasteiger partial charge in [0, 0.05) is 30.4 Å². The highest BCUT2D eigenvalue weighted by Gasteiger charge is 2.23. The van der Waals surface area contributed by atoms with Crippen LogP contribution in [0.5, 0.6) is 0 Å². The molecule has 1 amide bonds. The number of benzene rings is 1. The Kier molecular flexibility index (Phi) is 5.05. The highest BCUT2D eigenvalue weighted by atomic mass is 16.2. The summed E-state index contributed by atoms with van der Waals surface area (Å²) in [6.45, 7) is 7.85. The van der Waals surface area contributed by atoms with Crippen molar-refractivity contribution in [1.29, 1.82) is 0 Å². The van der Waals surface area contributed by atoms with Crippen LogP contribution in [0.15, 0.2) is 24.3 Å². The maximum Gasteiger partial charge on any atom is 0.253 e. The normalized spacial score (nSPS) is 21.8. The lowest BCUT2D eigenvalue weighted by Crippen LogP contribution is -2.30. The zero-order chi connectivity index (χ0) is 14.5. The summed E-state index contributed by atoms with van der Waals surface area (Å²) in [6, 6.07) is 8.48. The number of nitrogens with zero attached hydrogens (tertiary/aromatic N) is 1. The molecule has 3 heteroatoms. The van der Waals surface area contributed by atoms with Crippen LogP contribution in [0.1, 0.15) is 50.4 Å². The van der Waals surface area contributed by atoms with Gasteiger partial charge in [0.05, 0.1) is 0 Å². The van der Waals surface area contributed by atoms with Gasteiger partial charge in [0.25, 0.3) is 5.91 Å². The Morgan fingerprint density at radius 3 is 2.65 bits per heavy atom. The minimum atomic E-state index is 0.123. The predicted molar refractivity (Wildman–Crippen MR) is 84.1 cm³/mol. The van der Waals surface area contributed by atoms with Gasteiger partial charge >= 0.3 is 0 Å². The number of hydrogen-bond acceptors (Lipinski definition) is 2. The molecule has 0 bridgehead atoms. The maximum atomic E-state index is 12.4. The minimum Gasteiger partial charge on any atom is -0.382 e. The quantitative estimate of drug-likeness (QED) is 0.886. The van der Waals surface area contributed by atoms with Crippen molar-refractivity contribution in [2.45, 2.75) is 46.1 Å². The van der Waals surface area contributed by atoms with E-state index in [9.17, 15) is 4.79 Å². The molecule has 0 spiro atoms. The first-order valence-electron chi connectivity index (χ1n) is 7.81. The van der Waals surface area contributed by atoms with Crippen molar-refractivity contribution in [2.24, 2.45) is 5.92 Å². The smallest absolute Gasteiger partial charge is 0.253 e. The molecule has 2 unspecified atom stereocenters. The Hall–Kier alpha value is -1.51. The van der Waals surface area contributed by atoms with Crippen LogP contribution in [0.3, 0.4) is 0 Å². The summed E-state index contributed by atoms with van der Waals surface area (Å²) in [5, 5.41) is 3.59. The average Bonchev–Trinajstić information content (AvgIpc) is 2.86. The molecule has 0 radical (unpaired) electrons. The number of anilines is 1. The fourth-order valence-corrected chi connectivity index (χ4v) is 3.01. The largest absolute Gasteiger partial charge is 0.382 e. The molecule has 1 saturated carbocycles. The Morgan fingerprint density at radius 1 is 1.30 bits per heavy atom. The van der Waals surface area contributed by atoms with Crippen LogP contribution >= 0.6 is 0 Å². The molecule has 3 nitrogen and oxygen atoms in total. The molecule has 1 N–H and O–H groups in total. The van der Waals surface area contributed by atoms with E-state index < -0.39 is 0 Å². The summed E-state index contributed by atoms with van der Waals surface area (Å²) in [4.78, 5) is 14.2. The standard InChI is InChI=1S/C17H26N2O/c1-4-19(5-2)17(20)14-9-7-10-15(12-14)18-16-11-6-8-13(16)3/h7,9-10,12-13,16,18H,4-6,8,11H2,1-3H3. The monoisotopic (exact) mass is 274 g/mol. The Balaban J connectivity index is 2.09. The molecule has 0 aromatic heterocycles. The second-order valence-corrected chi connectivity index (χ2v) is 5.72. The first-order valence-corrected chi connectivity index (χ1v) is 7.81. The summed E-state index contributed by atoms with van der Waals surface area (Å²) in [5.74, 6) is 0.843. The second kappa shape index (κ2) is 6.78. The van der Waals surface area contributed by atoms with Crippen LogP contribution in [0.25, 0.3) is 0 Å². The van der Waals surface area contributed by atoms with Gasteiger partial charge in [-0.1, -0.05) is 19.4 Å². The molecule has 1 aliphatic rings. The zero-order valence-corrected chi connectivity index (χ0v) is 12.9. The van der Waals surface area contributed by atoms with Gasteiger partial charge < -0.3 is 10.2 Å². The van der Waals surface area contributed by atoms with Gasteiger partial charge in [0.15, 0.2) is 0 Å². The van der Waals surface area contributed by atoms with Gasteiger partial charge in [-0.05, 0) is 50.8 Å². The fourth-order valence-electron chi connectivity index (χ4n) is 3.01. The minimum absolute atomic E-state index is 0.123. The number of carbonyl (C=O) groups is 1. The van der Waals surface area contributed by atoms with Crippen LogP contribution in [0.4, 0.5) is 5.69 Å². The lowest BCUT2D eigenvalue weighted by molar-refractivity contribution is 0.0773. The molecule has 1 aromatic rings. The predicted octanol–water partition coefficient (Wildman–Crippen LogP) is 3.77. The molecule has 110 valence electrons. The van der Waals surface area contributed by atoms with Crippen molar-refractivity contribution in [3.63, 3.8) is 0 Å². The van der Waals surface area contributed by atoms with Crippen molar-refractivity contribution in [3.8, 4) is 0 Å². The number of hydrogen-bond donors (Lipinski definition) is 1. The highest BCUT2D eigenvalue weighted by Crippen LogP contribution is 2.28. The average molecular weight is 274 g/mol. The van der Waals surface area contributed by atoms with E-state index in [0.29, 0.717) is 6.04 Å². The molecule has 2 atom stereocenters. The molecule has 1 aliphatic carbocycles. The molecule has 2 rings (SSSR count). The summed E-state index contributed by atoms with van der Waals surface area (Å²) in [6.07, 6.45) is 3.84. The fraction of sp³-hybridized carbons (Fsp3) is 0.588. The third kappa shape index (κ3) is 3.33. The van der Waals surface area contributed by atoms with E-state index in [1.807, 2.05) is 36.9 Å². The highest BCUT2D eigenvalue weighted by molar-refractivity contribution is 5.95. The number of rotatable bonds is 5. The summed E-state index contributed by atoms with van der Waals surface area (Å²) in [5.41, 5.74) is 1.85. The van der Waals surface area contributed by atoms with E-state index in [0.717, 1.165) is 30.3 Å². The van der Waals surface area contributed by atoms with Gasteiger partial charge in [0.2, 0.25) is 0 Å². The molecule has 0 aliphatic heterocycles. The SMILES string of the molecule is CCN(CC)C(=O)c1cccc(NC2CCCC2C)c1. The van der Waals surface area contributed by atoms with Gasteiger partial charge in [-0.3, -0.25) is 4.79 Å². The van der Waals surface area contributed by atoms with Gasteiger partial charge in [-0.15, -0.1) is 0 Å². The van der Waals surface area contributed by atoms with E-state index in [1.54, 1.807) is 0 Å². The van der Waals surface area contributed by atoms with Gasteiger partial charge in [-0.2, -0.15) is 0 Å². The Labute approximate surface area is 122 Å². The van der Waals surface area contributed by atoms with Crippen LogP contribution in [-0.2, 0) is 0 Å². The lowest BCUT2D eigenvalue weighted by Gasteiger charge is -2.21. The molecular weight excluding hydrogens is 248 g/mol. The zero-order valence-electron chi connectivity index (χ0n) is 12.9. The molecular formula is C17H26N2O. The summed E-state index contributed by atoms with van der Waals surface area (Å²) < 4.78 is 0. The van der Waals surface area contributed by atoms with Crippen molar-refractivity contribution in [3.05, 3.63) is 29.8 Å². The van der Waals surface area contributed by atoms with E-state index in [-0.39, 0.29) is 5.91 Å². The van der Waals surface area contributed by atoms with Crippen molar-refractivity contribution >= 4 is 11.6 Å². The van der Waals surface area contributed by atoms with E-state index in [1.165, 1.54) is 19.3 Å². The van der Waals surface area contributed by atoms with Crippen LogP contribution in [0.2, 0.25) is 0 Å². The number of amides is 1. The number of carbonyl (C=O) groups excluding carboxylic acids is 1. The third-order valence-electron chi connectivity index (χ3n) is 4.37. The third-order valence-corrected chi connectivity index (χ3v) is 4.37. The summed E-state index contributed by atoms with van der Waals surface area (Å²) in [7, 11) is 0. The number of nitrogens with one attached hydrogen (secondary N) is 1.